The summed E-state index contributed by atoms with van der Waals surface area (Å²) in [5.41, 5.74) is 9.53. The molecule has 4 heteroatoms. The minimum atomic E-state index is 0.115. The number of nitrogen functional groups attached to an aromatic ring is 1. The molecular weight excluding hydrogens is 304 g/mol. The van der Waals surface area contributed by atoms with E-state index in [1.165, 1.54) is 35.9 Å². The molecule has 0 aliphatic carbocycles. The molecular formula is C19H22N2OS. The number of rotatable bonds is 6. The molecule has 1 heterocycles. The van der Waals surface area contributed by atoms with Gasteiger partial charge in [-0.3, -0.25) is 0 Å². The van der Waals surface area contributed by atoms with Crippen LogP contribution in [0.4, 0.5) is 5.69 Å². The van der Waals surface area contributed by atoms with E-state index in [4.69, 9.17) is 5.73 Å². The zero-order valence-electron chi connectivity index (χ0n) is 13.4. The Kier molecular flexibility index (Phi) is 4.82. The van der Waals surface area contributed by atoms with Gasteiger partial charge in [-0.05, 0) is 48.7 Å². The Bertz CT molecular complexity index is 810. The van der Waals surface area contributed by atoms with E-state index in [2.05, 4.69) is 30.1 Å². The van der Waals surface area contributed by atoms with E-state index in [0.29, 0.717) is 5.69 Å². The molecule has 3 nitrogen and oxygen atoms in total. The van der Waals surface area contributed by atoms with Crippen molar-refractivity contribution in [2.75, 3.05) is 5.73 Å². The van der Waals surface area contributed by atoms with Crippen molar-refractivity contribution in [1.29, 1.82) is 0 Å². The molecule has 0 atom stereocenters. The van der Waals surface area contributed by atoms with E-state index in [0.717, 1.165) is 22.5 Å². The Hall–Kier alpha value is -2.07. The van der Waals surface area contributed by atoms with Crippen molar-refractivity contribution < 1.29 is 5.11 Å². The number of nitrogens with zero attached hydrogens (tertiary/aromatic N) is 1. The maximum atomic E-state index is 9.55. The van der Waals surface area contributed by atoms with Crippen LogP contribution in [0, 0.1) is 0 Å². The molecule has 0 saturated carbocycles. The number of aromatic hydroxyl groups is 1. The van der Waals surface area contributed by atoms with Gasteiger partial charge >= 0.3 is 0 Å². The van der Waals surface area contributed by atoms with Gasteiger partial charge in [-0.25, -0.2) is 4.98 Å². The van der Waals surface area contributed by atoms with E-state index >= 15 is 0 Å². The lowest BCUT2D eigenvalue weighted by atomic mass is 10.1. The average Bonchev–Trinajstić information content (AvgIpc) is 2.97. The number of thiazole rings is 1. The fourth-order valence-electron chi connectivity index (χ4n) is 2.69. The lowest BCUT2D eigenvalue weighted by molar-refractivity contribution is 0.478. The average molecular weight is 326 g/mol. The monoisotopic (exact) mass is 326 g/mol. The molecule has 2 aromatic carbocycles. The Morgan fingerprint density at radius 3 is 2.74 bits per heavy atom. The van der Waals surface area contributed by atoms with Crippen molar-refractivity contribution in [2.24, 2.45) is 0 Å². The van der Waals surface area contributed by atoms with Gasteiger partial charge in [0.2, 0.25) is 0 Å². The maximum Gasteiger partial charge on any atom is 0.138 e. The summed E-state index contributed by atoms with van der Waals surface area (Å²) in [6.45, 7) is 2.24. The molecule has 0 spiro atoms. The summed E-state index contributed by atoms with van der Waals surface area (Å²) in [5, 5.41) is 10.5. The lowest BCUT2D eigenvalue weighted by Gasteiger charge is -2.00. The van der Waals surface area contributed by atoms with E-state index in [1.54, 1.807) is 23.5 Å². The van der Waals surface area contributed by atoms with Gasteiger partial charge in [-0.2, -0.15) is 0 Å². The highest BCUT2D eigenvalue weighted by atomic mass is 32.1. The van der Waals surface area contributed by atoms with Gasteiger partial charge in [0.15, 0.2) is 0 Å². The van der Waals surface area contributed by atoms with E-state index < -0.39 is 0 Å². The van der Waals surface area contributed by atoms with Crippen LogP contribution in [0.1, 0.15) is 38.2 Å². The second-order valence-electron chi connectivity index (χ2n) is 5.91. The first-order valence-electron chi connectivity index (χ1n) is 8.15. The Labute approximate surface area is 140 Å². The smallest absolute Gasteiger partial charge is 0.138 e. The van der Waals surface area contributed by atoms with Gasteiger partial charge in [-0.15, -0.1) is 11.3 Å². The fourth-order valence-corrected chi connectivity index (χ4v) is 3.72. The minimum Gasteiger partial charge on any atom is -0.506 e. The number of hydrogen-bond acceptors (Lipinski definition) is 4. The zero-order valence-corrected chi connectivity index (χ0v) is 14.2. The van der Waals surface area contributed by atoms with Gasteiger partial charge in [0.25, 0.3) is 0 Å². The molecule has 0 saturated heterocycles. The van der Waals surface area contributed by atoms with Crippen molar-refractivity contribution in [2.45, 2.75) is 39.0 Å². The number of phenols is 1. The third-order valence-electron chi connectivity index (χ3n) is 4.05. The Morgan fingerprint density at radius 2 is 1.96 bits per heavy atom. The molecule has 0 unspecified atom stereocenters. The lowest BCUT2D eigenvalue weighted by Crippen LogP contribution is -1.86. The highest BCUT2D eigenvalue weighted by Crippen LogP contribution is 2.33. The highest BCUT2D eigenvalue weighted by molar-refractivity contribution is 7.21. The van der Waals surface area contributed by atoms with Crippen molar-refractivity contribution in [3.63, 3.8) is 0 Å². The molecule has 3 N–H and O–H groups in total. The van der Waals surface area contributed by atoms with Crippen LogP contribution < -0.4 is 5.73 Å². The second-order valence-corrected chi connectivity index (χ2v) is 6.94. The Morgan fingerprint density at radius 1 is 1.09 bits per heavy atom. The Balaban J connectivity index is 1.82. The number of aromatic nitrogens is 1. The third-order valence-corrected chi connectivity index (χ3v) is 5.11. The molecule has 0 fully saturated rings. The van der Waals surface area contributed by atoms with Crippen LogP contribution in [0.2, 0.25) is 0 Å². The first-order valence-corrected chi connectivity index (χ1v) is 8.97. The minimum absolute atomic E-state index is 0.115. The van der Waals surface area contributed by atoms with Gasteiger partial charge in [0.05, 0.1) is 15.9 Å². The van der Waals surface area contributed by atoms with Crippen LogP contribution >= 0.6 is 11.3 Å². The first kappa shape index (κ1) is 15.8. The number of hydrogen-bond donors (Lipinski definition) is 2. The topological polar surface area (TPSA) is 59.1 Å². The van der Waals surface area contributed by atoms with Crippen LogP contribution in [0.3, 0.4) is 0 Å². The van der Waals surface area contributed by atoms with Crippen molar-refractivity contribution >= 4 is 27.2 Å². The summed E-state index contributed by atoms with van der Waals surface area (Å²) < 4.78 is 1.21. The SMILES string of the molecule is CCCCCCc1ccc2nc(-c3ccc(O)c(N)c3)sc2c1. The summed E-state index contributed by atoms with van der Waals surface area (Å²) in [6.07, 6.45) is 6.27. The molecule has 0 aliphatic heterocycles. The van der Waals surface area contributed by atoms with Gasteiger partial charge in [0.1, 0.15) is 10.8 Å². The summed E-state index contributed by atoms with van der Waals surface area (Å²) >= 11 is 1.67. The number of anilines is 1. The zero-order chi connectivity index (χ0) is 16.2. The van der Waals surface area contributed by atoms with E-state index in [-0.39, 0.29) is 5.75 Å². The largest absolute Gasteiger partial charge is 0.506 e. The summed E-state index contributed by atoms with van der Waals surface area (Å²) in [7, 11) is 0. The summed E-state index contributed by atoms with van der Waals surface area (Å²) in [6, 6.07) is 11.8. The molecule has 3 aromatic rings. The van der Waals surface area contributed by atoms with Crippen molar-refractivity contribution in [3.05, 3.63) is 42.0 Å². The predicted molar refractivity (Wildman–Crippen MR) is 99.0 cm³/mol. The fraction of sp³-hybridized carbons (Fsp3) is 0.316. The van der Waals surface area contributed by atoms with Gasteiger partial charge in [0, 0.05) is 5.56 Å². The third kappa shape index (κ3) is 3.64. The van der Waals surface area contributed by atoms with Crippen LogP contribution in [0.5, 0.6) is 5.75 Å². The van der Waals surface area contributed by atoms with Crippen LogP contribution in [0.25, 0.3) is 20.8 Å². The van der Waals surface area contributed by atoms with Crippen molar-refractivity contribution in [1.82, 2.24) is 4.98 Å². The van der Waals surface area contributed by atoms with Crippen LogP contribution in [-0.4, -0.2) is 10.1 Å². The van der Waals surface area contributed by atoms with Gasteiger partial charge < -0.3 is 10.8 Å². The van der Waals surface area contributed by atoms with Gasteiger partial charge in [-0.1, -0.05) is 32.3 Å². The molecule has 23 heavy (non-hydrogen) atoms. The number of nitrogens with two attached hydrogens (primary N) is 1. The highest BCUT2D eigenvalue weighted by Gasteiger charge is 2.08. The number of phenolic OH excluding ortho intramolecular Hbond substituents is 1. The van der Waals surface area contributed by atoms with Crippen LogP contribution in [-0.2, 0) is 6.42 Å². The quantitative estimate of drug-likeness (QED) is 0.363. The van der Waals surface area contributed by atoms with E-state index in [1.807, 2.05) is 6.07 Å². The van der Waals surface area contributed by atoms with Crippen LogP contribution in [0.15, 0.2) is 36.4 Å². The number of aryl methyl sites for hydroxylation is 1. The molecule has 0 radical (unpaired) electrons. The summed E-state index contributed by atoms with van der Waals surface area (Å²) in [4.78, 5) is 4.69. The summed E-state index contributed by atoms with van der Waals surface area (Å²) in [5.74, 6) is 0.115. The number of unbranched alkanes of at least 4 members (excludes halogenated alkanes) is 3. The molecule has 3 rings (SSSR count). The molecule has 0 aliphatic rings. The molecule has 1 aromatic heterocycles. The normalized spacial score (nSPS) is 11.2. The standard InChI is InChI=1S/C19H22N2OS/c1-2-3-4-5-6-13-7-9-16-18(11-13)23-19(21-16)14-8-10-17(22)15(20)12-14/h7-12,22H,2-6,20H2,1H3. The predicted octanol–water partition coefficient (Wildman–Crippen LogP) is 5.37. The first-order chi connectivity index (χ1) is 11.2. The molecule has 0 amide bonds. The number of benzene rings is 2. The molecule has 120 valence electrons. The number of fused-ring (bicyclic) bond motifs is 1. The van der Waals surface area contributed by atoms with E-state index in [9.17, 15) is 5.11 Å². The molecule has 0 bridgehead atoms. The van der Waals surface area contributed by atoms with Crippen molar-refractivity contribution in [3.8, 4) is 16.3 Å². The maximum absolute atomic E-state index is 9.55. The second kappa shape index (κ2) is 7.01.